The van der Waals surface area contributed by atoms with Crippen LogP contribution in [-0.2, 0) is 0 Å². The number of hydrogen-bond donors (Lipinski definition) is 1. The zero-order valence-electron chi connectivity index (χ0n) is 13.1. The molecule has 0 aliphatic carbocycles. The quantitative estimate of drug-likeness (QED) is 0.669. The molecule has 3 aromatic rings. The van der Waals surface area contributed by atoms with Gasteiger partial charge in [0.15, 0.2) is 9.47 Å². The molecule has 0 unspecified atom stereocenters. The van der Waals surface area contributed by atoms with Gasteiger partial charge in [0, 0.05) is 33.6 Å². The molecule has 0 saturated heterocycles. The lowest BCUT2D eigenvalue weighted by Gasteiger charge is -2.12. The Morgan fingerprint density at radius 2 is 1.96 bits per heavy atom. The van der Waals surface area contributed by atoms with Crippen molar-refractivity contribution in [3.05, 3.63) is 46.9 Å². The Morgan fingerprint density at radius 1 is 1.17 bits per heavy atom. The lowest BCUT2D eigenvalue weighted by molar-refractivity contribution is 0.102. The molecule has 24 heavy (non-hydrogen) atoms. The highest BCUT2D eigenvalue weighted by atomic mass is 32.2. The number of aromatic nitrogens is 2. The second-order valence-corrected chi connectivity index (χ2v) is 8.16. The van der Waals surface area contributed by atoms with Gasteiger partial charge < -0.3 is 4.74 Å². The molecule has 2 aromatic heterocycles. The SMILES string of the molecule is CC(C)Oc1cc(Sc2nccs2)cc(C(=O)Nc2nccs2)c1. The average Bonchev–Trinajstić information content (AvgIpc) is 3.20. The fourth-order valence-corrected chi connectivity index (χ4v) is 4.13. The Hall–Kier alpha value is -1.90. The van der Waals surface area contributed by atoms with Crippen LogP contribution in [0.4, 0.5) is 5.13 Å². The molecule has 1 aromatic carbocycles. The largest absolute Gasteiger partial charge is 0.491 e. The van der Waals surface area contributed by atoms with E-state index in [1.807, 2.05) is 36.7 Å². The molecule has 0 bridgehead atoms. The summed E-state index contributed by atoms with van der Waals surface area (Å²) in [7, 11) is 0. The van der Waals surface area contributed by atoms with Gasteiger partial charge in [-0.05, 0) is 32.0 Å². The van der Waals surface area contributed by atoms with Gasteiger partial charge in [0.1, 0.15) is 5.75 Å². The number of amides is 1. The van der Waals surface area contributed by atoms with Gasteiger partial charge in [0.2, 0.25) is 0 Å². The van der Waals surface area contributed by atoms with E-state index >= 15 is 0 Å². The van der Waals surface area contributed by atoms with E-state index in [1.54, 1.807) is 29.8 Å². The summed E-state index contributed by atoms with van der Waals surface area (Å²) in [6.07, 6.45) is 3.44. The number of carbonyl (C=O) groups is 1. The minimum Gasteiger partial charge on any atom is -0.491 e. The van der Waals surface area contributed by atoms with Crippen molar-refractivity contribution in [1.82, 2.24) is 9.97 Å². The molecule has 0 fully saturated rings. The van der Waals surface area contributed by atoms with E-state index < -0.39 is 0 Å². The molecule has 8 heteroatoms. The number of benzene rings is 1. The van der Waals surface area contributed by atoms with Crippen LogP contribution in [0.1, 0.15) is 24.2 Å². The number of anilines is 1. The molecule has 1 amide bonds. The van der Waals surface area contributed by atoms with Crippen molar-refractivity contribution >= 4 is 45.5 Å². The Kier molecular flexibility index (Phi) is 5.49. The summed E-state index contributed by atoms with van der Waals surface area (Å²) < 4.78 is 6.70. The Balaban J connectivity index is 1.87. The Morgan fingerprint density at radius 3 is 2.62 bits per heavy atom. The van der Waals surface area contributed by atoms with E-state index in [0.717, 1.165) is 9.24 Å². The monoisotopic (exact) mass is 377 g/mol. The first-order chi connectivity index (χ1) is 11.6. The third kappa shape index (κ3) is 4.56. The summed E-state index contributed by atoms with van der Waals surface area (Å²) in [5.41, 5.74) is 0.530. The summed E-state index contributed by atoms with van der Waals surface area (Å²) in [4.78, 5) is 21.7. The molecule has 0 saturated carbocycles. The maximum Gasteiger partial charge on any atom is 0.257 e. The third-order valence-electron chi connectivity index (χ3n) is 2.78. The van der Waals surface area contributed by atoms with Gasteiger partial charge in [0.25, 0.3) is 5.91 Å². The van der Waals surface area contributed by atoms with Crippen molar-refractivity contribution in [1.29, 1.82) is 0 Å². The standard InChI is InChI=1S/C16H15N3O2S3/c1-10(2)21-12-7-11(14(20)19-15-17-3-5-22-15)8-13(9-12)24-16-18-4-6-23-16/h3-10H,1-2H3,(H,17,19,20). The maximum absolute atomic E-state index is 12.5. The molecule has 1 N–H and O–H groups in total. The van der Waals surface area contributed by atoms with Crippen LogP contribution in [0, 0.1) is 0 Å². The van der Waals surface area contributed by atoms with Gasteiger partial charge in [-0.3, -0.25) is 10.1 Å². The topological polar surface area (TPSA) is 64.1 Å². The van der Waals surface area contributed by atoms with Gasteiger partial charge in [0.05, 0.1) is 6.10 Å². The fourth-order valence-electron chi connectivity index (χ4n) is 1.92. The molecule has 0 aliphatic heterocycles. The van der Waals surface area contributed by atoms with Crippen molar-refractivity contribution in [2.45, 2.75) is 29.2 Å². The van der Waals surface area contributed by atoms with E-state index in [2.05, 4.69) is 15.3 Å². The molecule has 0 spiro atoms. The summed E-state index contributed by atoms with van der Waals surface area (Å²) in [6, 6.07) is 5.50. The van der Waals surface area contributed by atoms with Crippen LogP contribution in [0.25, 0.3) is 0 Å². The number of nitrogens with one attached hydrogen (secondary N) is 1. The van der Waals surface area contributed by atoms with E-state index in [4.69, 9.17) is 4.74 Å². The van der Waals surface area contributed by atoms with Crippen LogP contribution in [-0.4, -0.2) is 22.0 Å². The van der Waals surface area contributed by atoms with Crippen LogP contribution in [0.3, 0.4) is 0 Å². The molecule has 0 atom stereocenters. The minimum absolute atomic E-state index is 0.0278. The summed E-state index contributed by atoms with van der Waals surface area (Å²) in [6.45, 7) is 3.91. The number of ether oxygens (including phenoxy) is 1. The van der Waals surface area contributed by atoms with Crippen LogP contribution in [0.15, 0.2) is 50.6 Å². The van der Waals surface area contributed by atoms with Crippen molar-refractivity contribution in [2.75, 3.05) is 5.32 Å². The molecule has 0 radical (unpaired) electrons. The van der Waals surface area contributed by atoms with Crippen LogP contribution in [0.2, 0.25) is 0 Å². The van der Waals surface area contributed by atoms with Gasteiger partial charge in [-0.25, -0.2) is 9.97 Å². The second-order valence-electron chi connectivity index (χ2n) is 5.05. The molecule has 2 heterocycles. The van der Waals surface area contributed by atoms with E-state index in [-0.39, 0.29) is 12.0 Å². The molecular formula is C16H15N3O2S3. The van der Waals surface area contributed by atoms with Gasteiger partial charge in [-0.1, -0.05) is 11.8 Å². The van der Waals surface area contributed by atoms with Gasteiger partial charge in [-0.2, -0.15) is 0 Å². The first-order valence-corrected chi connectivity index (χ1v) is 9.77. The highest BCUT2D eigenvalue weighted by molar-refractivity contribution is 8.01. The highest BCUT2D eigenvalue weighted by Gasteiger charge is 2.13. The van der Waals surface area contributed by atoms with Gasteiger partial charge in [-0.15, -0.1) is 22.7 Å². The molecule has 124 valence electrons. The predicted molar refractivity (Wildman–Crippen MR) is 98.5 cm³/mol. The lowest BCUT2D eigenvalue weighted by atomic mass is 10.2. The summed E-state index contributed by atoms with van der Waals surface area (Å²) in [5.74, 6) is 0.455. The average molecular weight is 378 g/mol. The van der Waals surface area contributed by atoms with E-state index in [0.29, 0.717) is 16.4 Å². The number of nitrogens with zero attached hydrogens (tertiary/aromatic N) is 2. The van der Waals surface area contributed by atoms with Crippen LogP contribution < -0.4 is 10.1 Å². The van der Waals surface area contributed by atoms with Crippen molar-refractivity contribution in [2.24, 2.45) is 0 Å². The zero-order chi connectivity index (χ0) is 16.9. The third-order valence-corrected chi connectivity index (χ3v) is 5.33. The molecule has 5 nitrogen and oxygen atoms in total. The first kappa shape index (κ1) is 16.9. The Bertz CT molecular complexity index is 802. The zero-order valence-corrected chi connectivity index (χ0v) is 15.5. The maximum atomic E-state index is 12.5. The first-order valence-electron chi connectivity index (χ1n) is 7.20. The number of thiazole rings is 2. The molecule has 3 rings (SSSR count). The van der Waals surface area contributed by atoms with Crippen LogP contribution >= 0.6 is 34.4 Å². The Labute approximate surface area is 152 Å². The summed E-state index contributed by atoms with van der Waals surface area (Å²) in [5, 5.41) is 7.11. The van der Waals surface area contributed by atoms with E-state index in [9.17, 15) is 4.79 Å². The second kappa shape index (κ2) is 7.78. The smallest absolute Gasteiger partial charge is 0.257 e. The number of hydrogen-bond acceptors (Lipinski definition) is 7. The fraction of sp³-hybridized carbons (Fsp3) is 0.188. The minimum atomic E-state index is -0.208. The number of rotatable bonds is 6. The van der Waals surface area contributed by atoms with Gasteiger partial charge >= 0.3 is 0 Å². The normalized spacial score (nSPS) is 10.8. The van der Waals surface area contributed by atoms with E-state index in [1.165, 1.54) is 23.1 Å². The van der Waals surface area contributed by atoms with Crippen molar-refractivity contribution in [3.8, 4) is 5.75 Å². The number of carbonyl (C=O) groups excluding carboxylic acids is 1. The summed E-state index contributed by atoms with van der Waals surface area (Å²) >= 11 is 4.45. The predicted octanol–water partition coefficient (Wildman–Crippen LogP) is 4.79. The van der Waals surface area contributed by atoms with Crippen molar-refractivity contribution < 1.29 is 9.53 Å². The molecule has 0 aliphatic rings. The lowest BCUT2D eigenvalue weighted by Crippen LogP contribution is -2.13. The van der Waals surface area contributed by atoms with Crippen LogP contribution in [0.5, 0.6) is 5.75 Å². The van der Waals surface area contributed by atoms with Crippen molar-refractivity contribution in [3.63, 3.8) is 0 Å². The molecular weight excluding hydrogens is 362 g/mol. The highest BCUT2D eigenvalue weighted by Crippen LogP contribution is 2.33.